The molecule has 4 heteroatoms. The molecular formula is C20H23BrO3. The third-order valence-corrected chi connectivity index (χ3v) is 4.85. The molecule has 0 aliphatic rings. The van der Waals surface area contributed by atoms with Gasteiger partial charge in [-0.05, 0) is 48.2 Å². The molecule has 1 atom stereocenters. The molecule has 0 aliphatic heterocycles. The van der Waals surface area contributed by atoms with Crippen molar-refractivity contribution in [2.75, 3.05) is 0 Å². The smallest absolute Gasteiger partial charge is 0.335 e. The first-order chi connectivity index (χ1) is 11.5. The molecule has 2 aromatic rings. The second kappa shape index (κ2) is 8.45. The number of carbonyl (C=O) groups is 1. The van der Waals surface area contributed by atoms with E-state index in [9.17, 15) is 9.90 Å². The Bertz CT molecular complexity index is 664. The van der Waals surface area contributed by atoms with Gasteiger partial charge in [0.15, 0.2) is 0 Å². The Balaban J connectivity index is 2.33. The van der Waals surface area contributed by atoms with Crippen molar-refractivity contribution in [1.82, 2.24) is 0 Å². The molecule has 128 valence electrons. The molecule has 0 radical (unpaired) electrons. The number of aliphatic hydroxyl groups is 1. The third kappa shape index (κ3) is 4.46. The maximum Gasteiger partial charge on any atom is 0.335 e. The summed E-state index contributed by atoms with van der Waals surface area (Å²) in [5.41, 5.74) is 0.672. The number of carboxylic acids is 1. The van der Waals surface area contributed by atoms with Crippen LogP contribution in [0.15, 0.2) is 53.0 Å². The second-order valence-corrected chi connectivity index (χ2v) is 6.98. The van der Waals surface area contributed by atoms with Crippen molar-refractivity contribution in [1.29, 1.82) is 0 Å². The first kappa shape index (κ1) is 18.7. The second-order valence-electron chi connectivity index (χ2n) is 6.06. The van der Waals surface area contributed by atoms with Crippen LogP contribution in [-0.2, 0) is 5.60 Å². The zero-order chi connectivity index (χ0) is 17.6. The van der Waals surface area contributed by atoms with E-state index in [-0.39, 0.29) is 5.56 Å². The highest BCUT2D eigenvalue weighted by molar-refractivity contribution is 9.10. The van der Waals surface area contributed by atoms with Crippen LogP contribution in [0.4, 0.5) is 0 Å². The van der Waals surface area contributed by atoms with E-state index in [4.69, 9.17) is 5.11 Å². The lowest BCUT2D eigenvalue weighted by Gasteiger charge is -2.30. The highest BCUT2D eigenvalue weighted by Gasteiger charge is 2.31. The molecule has 0 aromatic heterocycles. The van der Waals surface area contributed by atoms with Gasteiger partial charge >= 0.3 is 5.97 Å². The summed E-state index contributed by atoms with van der Waals surface area (Å²) in [6.45, 7) is 2.16. The molecule has 2 aromatic carbocycles. The predicted octanol–water partition coefficient (Wildman–Crippen LogP) is 5.35. The van der Waals surface area contributed by atoms with Crippen LogP contribution in [0.3, 0.4) is 0 Å². The summed E-state index contributed by atoms with van der Waals surface area (Å²) in [5, 5.41) is 20.5. The lowest BCUT2D eigenvalue weighted by molar-refractivity contribution is 0.0667. The van der Waals surface area contributed by atoms with Crippen molar-refractivity contribution < 1.29 is 15.0 Å². The molecule has 0 fully saturated rings. The van der Waals surface area contributed by atoms with Gasteiger partial charge in [-0.15, -0.1) is 0 Å². The van der Waals surface area contributed by atoms with Crippen molar-refractivity contribution in [3.05, 3.63) is 69.7 Å². The van der Waals surface area contributed by atoms with Gasteiger partial charge in [-0.2, -0.15) is 0 Å². The Kier molecular flexibility index (Phi) is 6.58. The Labute approximate surface area is 151 Å². The van der Waals surface area contributed by atoms with Crippen LogP contribution >= 0.6 is 15.9 Å². The largest absolute Gasteiger partial charge is 0.478 e. The fourth-order valence-electron chi connectivity index (χ4n) is 2.88. The molecule has 2 N–H and O–H groups in total. The van der Waals surface area contributed by atoms with Crippen LogP contribution in [0.2, 0.25) is 0 Å². The van der Waals surface area contributed by atoms with Crippen molar-refractivity contribution in [2.45, 2.75) is 44.6 Å². The van der Waals surface area contributed by atoms with E-state index in [0.717, 1.165) is 41.3 Å². The van der Waals surface area contributed by atoms with Gasteiger partial charge in [0, 0.05) is 4.47 Å². The number of hydrogen-bond acceptors (Lipinski definition) is 2. The monoisotopic (exact) mass is 390 g/mol. The number of aromatic carboxylic acids is 1. The fourth-order valence-corrected chi connectivity index (χ4v) is 3.14. The summed E-state index contributed by atoms with van der Waals surface area (Å²) in [7, 11) is 0. The van der Waals surface area contributed by atoms with Gasteiger partial charge < -0.3 is 10.2 Å². The van der Waals surface area contributed by atoms with E-state index in [2.05, 4.69) is 22.9 Å². The van der Waals surface area contributed by atoms with Crippen molar-refractivity contribution in [3.63, 3.8) is 0 Å². The van der Waals surface area contributed by atoms with Gasteiger partial charge in [-0.1, -0.05) is 66.4 Å². The number of benzene rings is 2. The predicted molar refractivity (Wildman–Crippen MR) is 99.3 cm³/mol. The van der Waals surface area contributed by atoms with Crippen LogP contribution in [0, 0.1) is 0 Å². The Morgan fingerprint density at radius 2 is 1.50 bits per heavy atom. The molecular weight excluding hydrogens is 368 g/mol. The minimum atomic E-state index is -1.11. The van der Waals surface area contributed by atoms with Gasteiger partial charge in [0.05, 0.1) is 5.56 Å². The zero-order valence-electron chi connectivity index (χ0n) is 13.8. The zero-order valence-corrected chi connectivity index (χ0v) is 15.4. The van der Waals surface area contributed by atoms with Crippen molar-refractivity contribution in [3.8, 4) is 0 Å². The van der Waals surface area contributed by atoms with Gasteiger partial charge in [0.2, 0.25) is 0 Å². The lowest BCUT2D eigenvalue weighted by Crippen LogP contribution is -2.27. The summed E-state index contributed by atoms with van der Waals surface area (Å²) in [5.74, 6) is -0.961. The fraction of sp³-hybridized carbons (Fsp3) is 0.350. The molecule has 1 unspecified atom stereocenters. The van der Waals surface area contributed by atoms with Crippen LogP contribution in [0.5, 0.6) is 0 Å². The minimum Gasteiger partial charge on any atom is -0.478 e. The van der Waals surface area contributed by atoms with Gasteiger partial charge in [-0.25, -0.2) is 4.79 Å². The summed E-state index contributed by atoms with van der Waals surface area (Å²) in [4.78, 5) is 11.0. The number of hydrogen-bond donors (Lipinski definition) is 2. The van der Waals surface area contributed by atoms with Gasteiger partial charge in [0.25, 0.3) is 0 Å². The van der Waals surface area contributed by atoms with E-state index in [0.29, 0.717) is 6.42 Å². The molecule has 0 bridgehead atoms. The number of unbranched alkanes of at least 4 members (excludes halogenated alkanes) is 3. The van der Waals surface area contributed by atoms with Crippen molar-refractivity contribution >= 4 is 21.9 Å². The molecule has 0 heterocycles. The number of halogens is 1. The topological polar surface area (TPSA) is 57.5 Å². The Hall–Kier alpha value is -1.65. The van der Waals surface area contributed by atoms with Crippen LogP contribution in [0.25, 0.3) is 0 Å². The third-order valence-electron chi connectivity index (χ3n) is 4.32. The van der Waals surface area contributed by atoms with E-state index in [1.165, 1.54) is 0 Å². The standard InChI is InChI=1S/C20H23BrO3/c1-2-3-4-5-14-20(24,17-10-12-18(21)13-11-17)16-8-6-15(7-9-16)19(22)23/h6-13,24H,2-5,14H2,1H3,(H,22,23). The molecule has 3 nitrogen and oxygen atoms in total. The highest BCUT2D eigenvalue weighted by Crippen LogP contribution is 2.35. The van der Waals surface area contributed by atoms with Crippen molar-refractivity contribution in [2.24, 2.45) is 0 Å². The minimum absolute atomic E-state index is 0.225. The summed E-state index contributed by atoms with van der Waals surface area (Å²) < 4.78 is 0.959. The quantitative estimate of drug-likeness (QED) is 0.596. The van der Waals surface area contributed by atoms with Gasteiger partial charge in [-0.3, -0.25) is 0 Å². The SMILES string of the molecule is CCCCCCC(O)(c1ccc(Br)cc1)c1ccc(C(=O)O)cc1. The lowest BCUT2D eigenvalue weighted by atomic mass is 9.82. The van der Waals surface area contributed by atoms with Crippen LogP contribution in [-0.4, -0.2) is 16.2 Å². The highest BCUT2D eigenvalue weighted by atomic mass is 79.9. The molecule has 2 rings (SSSR count). The molecule has 0 aliphatic carbocycles. The number of rotatable bonds is 8. The molecule has 0 spiro atoms. The summed E-state index contributed by atoms with van der Waals surface area (Å²) in [6, 6.07) is 14.2. The summed E-state index contributed by atoms with van der Waals surface area (Å²) >= 11 is 3.42. The molecule has 24 heavy (non-hydrogen) atoms. The maximum atomic E-state index is 11.4. The average molecular weight is 391 g/mol. The Morgan fingerprint density at radius 1 is 0.958 bits per heavy atom. The molecule has 0 saturated carbocycles. The Morgan fingerprint density at radius 3 is 2.00 bits per heavy atom. The first-order valence-corrected chi connectivity index (χ1v) is 9.09. The number of carboxylic acid groups (broad SMARTS) is 1. The molecule has 0 amide bonds. The molecule has 0 saturated heterocycles. The van der Waals surface area contributed by atoms with Crippen LogP contribution in [0.1, 0.15) is 60.5 Å². The first-order valence-electron chi connectivity index (χ1n) is 8.29. The average Bonchev–Trinajstić information content (AvgIpc) is 2.59. The van der Waals surface area contributed by atoms with E-state index in [1.807, 2.05) is 24.3 Å². The van der Waals surface area contributed by atoms with Crippen LogP contribution < -0.4 is 0 Å². The van der Waals surface area contributed by atoms with E-state index in [1.54, 1.807) is 24.3 Å². The van der Waals surface area contributed by atoms with Gasteiger partial charge in [0.1, 0.15) is 5.60 Å². The summed E-state index contributed by atoms with van der Waals surface area (Å²) in [6.07, 6.45) is 4.89. The maximum absolute atomic E-state index is 11.4. The van der Waals surface area contributed by atoms with E-state index >= 15 is 0 Å². The van der Waals surface area contributed by atoms with E-state index < -0.39 is 11.6 Å². The normalized spacial score (nSPS) is 13.5.